The largest absolute Gasteiger partial charge is 0.465 e. The van der Waals surface area contributed by atoms with Gasteiger partial charge in [-0.25, -0.2) is 14.8 Å². The number of anilines is 1. The fraction of sp³-hybridized carbons (Fsp3) is 0.478. The van der Waals surface area contributed by atoms with E-state index in [1.807, 2.05) is 12.1 Å². The maximum absolute atomic E-state index is 12.0. The number of carbonyl (C=O) groups excluding carboxylic acids is 1. The van der Waals surface area contributed by atoms with Gasteiger partial charge in [-0.3, -0.25) is 4.99 Å². The molecule has 6 heteroatoms. The predicted molar refractivity (Wildman–Crippen MR) is 112 cm³/mol. The van der Waals surface area contributed by atoms with Crippen molar-refractivity contribution >= 4 is 23.6 Å². The zero-order valence-corrected chi connectivity index (χ0v) is 16.7. The molecule has 1 aromatic carbocycles. The van der Waals surface area contributed by atoms with Crippen LogP contribution in [0.1, 0.15) is 54.4 Å². The van der Waals surface area contributed by atoms with Gasteiger partial charge in [-0.2, -0.15) is 0 Å². The third-order valence-electron chi connectivity index (χ3n) is 6.79. The summed E-state index contributed by atoms with van der Waals surface area (Å²) >= 11 is 0. The Balaban J connectivity index is 1.47. The number of nitrogens with one attached hydrogen (secondary N) is 1. The molecule has 4 bridgehead atoms. The van der Waals surface area contributed by atoms with Crippen molar-refractivity contribution in [3.63, 3.8) is 0 Å². The lowest BCUT2D eigenvalue weighted by Crippen LogP contribution is -2.54. The summed E-state index contributed by atoms with van der Waals surface area (Å²) in [5, 5.41) is 3.88. The van der Waals surface area contributed by atoms with Crippen molar-refractivity contribution in [2.45, 2.75) is 44.1 Å². The summed E-state index contributed by atoms with van der Waals surface area (Å²) in [7, 11) is 1.40. The van der Waals surface area contributed by atoms with Crippen LogP contribution in [-0.4, -0.2) is 34.8 Å². The Morgan fingerprint density at radius 2 is 1.79 bits per heavy atom. The molecule has 2 aromatic rings. The molecule has 0 amide bonds. The first-order chi connectivity index (χ1) is 14.1. The average molecular weight is 390 g/mol. The molecule has 0 aliphatic heterocycles. The van der Waals surface area contributed by atoms with Crippen LogP contribution in [0.2, 0.25) is 0 Å². The van der Waals surface area contributed by atoms with Gasteiger partial charge in [-0.15, -0.1) is 0 Å². The number of benzene rings is 1. The smallest absolute Gasteiger partial charge is 0.337 e. The molecule has 1 N–H and O–H groups in total. The maximum Gasteiger partial charge on any atom is 0.337 e. The highest BCUT2D eigenvalue weighted by Crippen LogP contribution is 2.57. The van der Waals surface area contributed by atoms with E-state index >= 15 is 0 Å². The normalized spacial score (nSPS) is 29.9. The lowest BCUT2D eigenvalue weighted by atomic mass is 9.53. The fourth-order valence-electron chi connectivity index (χ4n) is 6.06. The molecule has 4 aliphatic carbocycles. The number of rotatable bonds is 5. The monoisotopic (exact) mass is 390 g/mol. The third kappa shape index (κ3) is 3.63. The summed E-state index contributed by atoms with van der Waals surface area (Å²) in [6.07, 6.45) is 14.6. The fourth-order valence-corrected chi connectivity index (χ4v) is 6.06. The second kappa shape index (κ2) is 7.25. The molecule has 1 heterocycles. The van der Waals surface area contributed by atoms with E-state index < -0.39 is 0 Å². The van der Waals surface area contributed by atoms with E-state index in [1.54, 1.807) is 24.7 Å². The standard InChI is InChI=1S/C23H26N4O2/c1-29-22(28)19-2-3-20(21(7-19)26-13-18-11-24-14-25-12-18)27-23-8-15-4-16(9-23)6-17(5-15)10-23/h2-3,7,11-17,27H,4-6,8-10H2,1H3. The van der Waals surface area contributed by atoms with Crippen molar-refractivity contribution < 1.29 is 9.53 Å². The molecule has 0 spiro atoms. The summed E-state index contributed by atoms with van der Waals surface area (Å²) in [5.74, 6) is 2.22. The van der Waals surface area contributed by atoms with Gasteiger partial charge in [0.15, 0.2) is 0 Å². The first kappa shape index (κ1) is 18.3. The van der Waals surface area contributed by atoms with Crippen LogP contribution in [0.25, 0.3) is 0 Å². The molecule has 4 saturated carbocycles. The van der Waals surface area contributed by atoms with Crippen LogP contribution in [0.3, 0.4) is 0 Å². The van der Waals surface area contributed by atoms with Gasteiger partial charge in [0.1, 0.15) is 6.33 Å². The van der Waals surface area contributed by atoms with Crippen LogP contribution in [0.4, 0.5) is 11.4 Å². The van der Waals surface area contributed by atoms with E-state index in [2.05, 4.69) is 20.3 Å². The van der Waals surface area contributed by atoms with Gasteiger partial charge in [0.2, 0.25) is 0 Å². The Morgan fingerprint density at radius 1 is 1.14 bits per heavy atom. The second-order valence-corrected chi connectivity index (χ2v) is 8.98. The van der Waals surface area contributed by atoms with E-state index in [0.717, 1.165) is 34.7 Å². The highest BCUT2D eigenvalue weighted by atomic mass is 16.5. The number of hydrogen-bond donors (Lipinski definition) is 1. The zero-order chi connectivity index (χ0) is 19.8. The summed E-state index contributed by atoms with van der Waals surface area (Å²) in [4.78, 5) is 24.8. The van der Waals surface area contributed by atoms with Crippen LogP contribution >= 0.6 is 0 Å². The van der Waals surface area contributed by atoms with Gasteiger partial charge in [-0.1, -0.05) is 0 Å². The minimum atomic E-state index is -0.356. The lowest BCUT2D eigenvalue weighted by molar-refractivity contribution is 0.0107. The first-order valence-corrected chi connectivity index (χ1v) is 10.4. The summed E-state index contributed by atoms with van der Waals surface area (Å²) in [6, 6.07) is 5.59. The topological polar surface area (TPSA) is 76.5 Å². The highest BCUT2D eigenvalue weighted by molar-refractivity contribution is 5.93. The van der Waals surface area contributed by atoms with E-state index in [-0.39, 0.29) is 11.5 Å². The lowest BCUT2D eigenvalue weighted by Gasteiger charge is -2.57. The van der Waals surface area contributed by atoms with E-state index in [9.17, 15) is 4.79 Å². The van der Waals surface area contributed by atoms with Crippen LogP contribution in [-0.2, 0) is 4.74 Å². The number of aromatic nitrogens is 2. The molecule has 0 saturated heterocycles. The molecule has 150 valence electrons. The number of methoxy groups -OCH3 is 1. The van der Waals surface area contributed by atoms with Gasteiger partial charge in [0, 0.05) is 29.7 Å². The number of esters is 1. The van der Waals surface area contributed by atoms with Gasteiger partial charge in [-0.05, 0) is 74.5 Å². The Kier molecular flexibility index (Phi) is 4.57. The number of carbonyl (C=O) groups is 1. The van der Waals surface area contributed by atoms with Crippen molar-refractivity contribution in [1.82, 2.24) is 9.97 Å². The van der Waals surface area contributed by atoms with Gasteiger partial charge < -0.3 is 10.1 Å². The van der Waals surface area contributed by atoms with Crippen LogP contribution in [0.15, 0.2) is 41.9 Å². The minimum absolute atomic E-state index is 0.168. The summed E-state index contributed by atoms with van der Waals surface area (Å²) in [5.41, 5.74) is 3.21. The number of aliphatic imine (C=N–C) groups is 1. The SMILES string of the molecule is COC(=O)c1ccc(NC23CC4CC(CC(C4)C2)C3)c(N=Cc2cncnc2)c1. The molecule has 4 fully saturated rings. The van der Waals surface area contributed by atoms with E-state index in [1.165, 1.54) is 52.0 Å². The van der Waals surface area contributed by atoms with Crippen molar-refractivity contribution in [3.05, 3.63) is 48.0 Å². The van der Waals surface area contributed by atoms with Crippen LogP contribution in [0.5, 0.6) is 0 Å². The summed E-state index contributed by atoms with van der Waals surface area (Å²) in [6.45, 7) is 0. The van der Waals surface area contributed by atoms with Crippen molar-refractivity contribution in [2.75, 3.05) is 12.4 Å². The van der Waals surface area contributed by atoms with Gasteiger partial charge in [0.25, 0.3) is 0 Å². The molecule has 1 aromatic heterocycles. The van der Waals surface area contributed by atoms with Gasteiger partial charge >= 0.3 is 5.97 Å². The molecule has 6 nitrogen and oxygen atoms in total. The molecule has 0 radical (unpaired) electrons. The Hall–Kier alpha value is -2.76. The molecule has 6 rings (SSSR count). The summed E-state index contributed by atoms with van der Waals surface area (Å²) < 4.78 is 4.90. The quantitative estimate of drug-likeness (QED) is 0.605. The molecule has 0 atom stereocenters. The van der Waals surface area contributed by atoms with Crippen molar-refractivity contribution in [1.29, 1.82) is 0 Å². The Labute approximate surface area is 170 Å². The first-order valence-electron chi connectivity index (χ1n) is 10.4. The highest BCUT2D eigenvalue weighted by Gasteiger charge is 2.51. The maximum atomic E-state index is 12.0. The molecular weight excluding hydrogens is 364 g/mol. The van der Waals surface area contributed by atoms with Crippen molar-refractivity contribution in [3.8, 4) is 0 Å². The zero-order valence-electron chi connectivity index (χ0n) is 16.7. The van der Waals surface area contributed by atoms with Crippen molar-refractivity contribution in [2.24, 2.45) is 22.7 Å². The molecule has 29 heavy (non-hydrogen) atoms. The number of hydrogen-bond acceptors (Lipinski definition) is 6. The average Bonchev–Trinajstić information content (AvgIpc) is 2.72. The van der Waals surface area contributed by atoms with Gasteiger partial charge in [0.05, 0.1) is 24.0 Å². The van der Waals surface area contributed by atoms with E-state index in [4.69, 9.17) is 4.74 Å². The van der Waals surface area contributed by atoms with Crippen LogP contribution in [0, 0.1) is 17.8 Å². The van der Waals surface area contributed by atoms with E-state index in [0.29, 0.717) is 5.56 Å². The van der Waals surface area contributed by atoms with Crippen LogP contribution < -0.4 is 5.32 Å². The molecule has 4 aliphatic rings. The Morgan fingerprint density at radius 3 is 2.41 bits per heavy atom. The molecule has 0 unspecified atom stereocenters. The predicted octanol–water partition coefficient (Wildman–Crippen LogP) is 4.39. The number of ether oxygens (including phenoxy) is 1. The third-order valence-corrected chi connectivity index (χ3v) is 6.79. The second-order valence-electron chi connectivity index (χ2n) is 8.98. The molecular formula is C23H26N4O2. The number of nitrogens with zero attached hydrogens (tertiary/aromatic N) is 3. The minimum Gasteiger partial charge on any atom is -0.465 e. The Bertz CT molecular complexity index is 906.